The molecule has 1 N–H and O–H groups in total. The number of carbonyl (C=O) groups is 2. The molecule has 0 aliphatic heterocycles. The zero-order valence-corrected chi connectivity index (χ0v) is 17.4. The molecule has 1 amide bonds. The van der Waals surface area contributed by atoms with E-state index in [1.165, 1.54) is 12.1 Å². The Morgan fingerprint density at radius 2 is 1.93 bits per heavy atom. The number of carbonyl (C=O) groups excluding carboxylic acids is 2. The first kappa shape index (κ1) is 20.6. The van der Waals surface area contributed by atoms with Gasteiger partial charge in [0.1, 0.15) is 22.6 Å². The Kier molecular flexibility index (Phi) is 6.33. The van der Waals surface area contributed by atoms with Gasteiger partial charge in [0.15, 0.2) is 6.61 Å². The van der Waals surface area contributed by atoms with Crippen LogP contribution in [0.2, 0.25) is 0 Å². The standard InChI is InChI=1S/C21H18BrNO6/c1-3-23-20(25)15-9-13-5-6-14(10-18(13)29-21(15)26)28-19(24)11-27-17-7-4-12(2)8-16(17)22/h4-10H,3,11H2,1-2H3,(H,23,25). The van der Waals surface area contributed by atoms with Gasteiger partial charge in [-0.1, -0.05) is 6.07 Å². The molecule has 0 aliphatic carbocycles. The molecule has 150 valence electrons. The third kappa shape index (κ3) is 5.03. The molecular weight excluding hydrogens is 442 g/mol. The van der Waals surface area contributed by atoms with Gasteiger partial charge in [-0.15, -0.1) is 0 Å². The van der Waals surface area contributed by atoms with Gasteiger partial charge < -0.3 is 19.2 Å². The van der Waals surface area contributed by atoms with Gasteiger partial charge in [-0.3, -0.25) is 4.79 Å². The fourth-order valence-corrected chi connectivity index (χ4v) is 3.20. The van der Waals surface area contributed by atoms with Crippen molar-refractivity contribution < 1.29 is 23.5 Å². The Morgan fingerprint density at radius 3 is 2.66 bits per heavy atom. The number of aryl methyl sites for hydroxylation is 1. The number of hydrogen-bond acceptors (Lipinski definition) is 6. The van der Waals surface area contributed by atoms with E-state index in [4.69, 9.17) is 13.9 Å². The predicted octanol–water partition coefficient (Wildman–Crippen LogP) is 3.60. The maximum absolute atomic E-state index is 12.1. The summed E-state index contributed by atoms with van der Waals surface area (Å²) in [4.78, 5) is 36.0. The van der Waals surface area contributed by atoms with E-state index >= 15 is 0 Å². The molecule has 0 saturated heterocycles. The van der Waals surface area contributed by atoms with Crippen LogP contribution in [0.25, 0.3) is 11.0 Å². The van der Waals surface area contributed by atoms with Crippen LogP contribution in [0.1, 0.15) is 22.8 Å². The number of hydrogen-bond donors (Lipinski definition) is 1. The van der Waals surface area contributed by atoms with E-state index in [2.05, 4.69) is 21.2 Å². The number of esters is 1. The molecule has 0 bridgehead atoms. The van der Waals surface area contributed by atoms with E-state index in [1.807, 2.05) is 19.1 Å². The number of benzene rings is 2. The summed E-state index contributed by atoms with van der Waals surface area (Å²) in [5.74, 6) is -0.394. The van der Waals surface area contributed by atoms with E-state index < -0.39 is 17.5 Å². The zero-order chi connectivity index (χ0) is 21.0. The van der Waals surface area contributed by atoms with Gasteiger partial charge >= 0.3 is 11.6 Å². The Labute approximate surface area is 174 Å². The largest absolute Gasteiger partial charge is 0.481 e. The summed E-state index contributed by atoms with van der Waals surface area (Å²) in [6, 6.07) is 11.5. The van der Waals surface area contributed by atoms with Crippen LogP contribution in [0.15, 0.2) is 56.1 Å². The topological polar surface area (TPSA) is 94.8 Å². The smallest absolute Gasteiger partial charge is 0.349 e. The minimum atomic E-state index is -0.764. The molecule has 0 saturated carbocycles. The van der Waals surface area contributed by atoms with Crippen LogP contribution < -0.4 is 20.4 Å². The van der Waals surface area contributed by atoms with E-state index in [-0.39, 0.29) is 23.5 Å². The summed E-state index contributed by atoms with van der Waals surface area (Å²) in [5, 5.41) is 3.09. The van der Waals surface area contributed by atoms with Crippen LogP contribution in [0.3, 0.4) is 0 Å². The van der Waals surface area contributed by atoms with E-state index in [9.17, 15) is 14.4 Å². The van der Waals surface area contributed by atoms with Crippen molar-refractivity contribution in [2.75, 3.05) is 13.2 Å². The van der Waals surface area contributed by atoms with Gasteiger partial charge in [-0.2, -0.15) is 0 Å². The highest BCUT2D eigenvalue weighted by Gasteiger charge is 2.14. The Hall–Kier alpha value is -3.13. The summed E-state index contributed by atoms with van der Waals surface area (Å²) >= 11 is 3.38. The summed E-state index contributed by atoms with van der Waals surface area (Å²) in [5.41, 5.74) is 0.413. The molecule has 2 aromatic carbocycles. The van der Waals surface area contributed by atoms with E-state index in [1.54, 1.807) is 25.1 Å². The molecule has 0 spiro atoms. The summed E-state index contributed by atoms with van der Waals surface area (Å²) in [6.45, 7) is 3.80. The number of nitrogens with one attached hydrogen (secondary N) is 1. The average Bonchev–Trinajstić information content (AvgIpc) is 2.67. The zero-order valence-electron chi connectivity index (χ0n) is 15.8. The molecule has 0 atom stereocenters. The highest BCUT2D eigenvalue weighted by molar-refractivity contribution is 9.10. The fraction of sp³-hybridized carbons (Fsp3) is 0.190. The highest BCUT2D eigenvalue weighted by atomic mass is 79.9. The van der Waals surface area contributed by atoms with Gasteiger partial charge in [0.2, 0.25) is 0 Å². The van der Waals surface area contributed by atoms with Gasteiger partial charge in [0, 0.05) is 18.0 Å². The Morgan fingerprint density at radius 1 is 1.14 bits per heavy atom. The van der Waals surface area contributed by atoms with Gasteiger partial charge in [-0.05, 0) is 65.7 Å². The molecule has 0 radical (unpaired) electrons. The number of halogens is 1. The molecule has 3 rings (SSSR count). The summed E-state index contributed by atoms with van der Waals surface area (Å²) in [6.07, 6.45) is 0. The van der Waals surface area contributed by atoms with Crippen LogP contribution in [0, 0.1) is 6.92 Å². The van der Waals surface area contributed by atoms with Crippen molar-refractivity contribution in [3.05, 3.63) is 68.5 Å². The average molecular weight is 460 g/mol. The number of fused-ring (bicyclic) bond motifs is 1. The molecule has 0 aliphatic rings. The summed E-state index contributed by atoms with van der Waals surface area (Å²) < 4.78 is 16.6. The molecule has 1 aromatic heterocycles. The lowest BCUT2D eigenvalue weighted by Crippen LogP contribution is -2.27. The second kappa shape index (κ2) is 8.91. The van der Waals surface area contributed by atoms with E-state index in [0.717, 1.165) is 10.0 Å². The first-order chi connectivity index (χ1) is 13.9. The van der Waals surface area contributed by atoms with Crippen molar-refractivity contribution in [2.45, 2.75) is 13.8 Å². The summed E-state index contributed by atoms with van der Waals surface area (Å²) in [7, 11) is 0. The SMILES string of the molecule is CCNC(=O)c1cc2ccc(OC(=O)COc3ccc(C)cc3Br)cc2oc1=O. The van der Waals surface area contributed by atoms with Crippen molar-refractivity contribution >= 4 is 38.8 Å². The highest BCUT2D eigenvalue weighted by Crippen LogP contribution is 2.26. The maximum atomic E-state index is 12.1. The van der Waals surface area contributed by atoms with Gasteiger partial charge in [0.05, 0.1) is 4.47 Å². The van der Waals surface area contributed by atoms with Gasteiger partial charge in [0.25, 0.3) is 5.91 Å². The molecule has 1 heterocycles. The first-order valence-corrected chi connectivity index (χ1v) is 9.62. The molecule has 7 nitrogen and oxygen atoms in total. The van der Waals surface area contributed by atoms with Crippen LogP contribution >= 0.6 is 15.9 Å². The van der Waals surface area contributed by atoms with Crippen molar-refractivity contribution in [1.82, 2.24) is 5.32 Å². The first-order valence-electron chi connectivity index (χ1n) is 8.83. The normalized spacial score (nSPS) is 10.6. The second-order valence-corrected chi connectivity index (χ2v) is 7.06. The molecular formula is C21H18BrNO6. The Balaban J connectivity index is 1.71. The molecule has 0 fully saturated rings. The van der Waals surface area contributed by atoms with Gasteiger partial charge in [-0.25, -0.2) is 9.59 Å². The number of ether oxygens (including phenoxy) is 2. The lowest BCUT2D eigenvalue weighted by atomic mass is 10.1. The quantitative estimate of drug-likeness (QED) is 0.343. The minimum absolute atomic E-state index is 0.0823. The van der Waals surface area contributed by atoms with Crippen molar-refractivity contribution in [2.24, 2.45) is 0 Å². The lowest BCUT2D eigenvalue weighted by Gasteiger charge is -2.09. The van der Waals surface area contributed by atoms with Crippen LogP contribution in [-0.4, -0.2) is 25.0 Å². The molecule has 8 heteroatoms. The van der Waals surface area contributed by atoms with Crippen LogP contribution in [0.4, 0.5) is 0 Å². The Bertz CT molecular complexity index is 1140. The van der Waals surface area contributed by atoms with Crippen LogP contribution in [-0.2, 0) is 4.79 Å². The molecule has 3 aromatic rings. The van der Waals surface area contributed by atoms with E-state index in [0.29, 0.717) is 17.7 Å². The number of rotatable bonds is 6. The minimum Gasteiger partial charge on any atom is -0.481 e. The predicted molar refractivity (Wildman–Crippen MR) is 111 cm³/mol. The lowest BCUT2D eigenvalue weighted by molar-refractivity contribution is -0.136. The monoisotopic (exact) mass is 459 g/mol. The van der Waals surface area contributed by atoms with Crippen LogP contribution in [0.5, 0.6) is 11.5 Å². The fourth-order valence-electron chi connectivity index (χ4n) is 2.59. The van der Waals surface area contributed by atoms with Crippen molar-refractivity contribution in [1.29, 1.82) is 0 Å². The third-order valence-corrected chi connectivity index (χ3v) is 4.57. The van der Waals surface area contributed by atoms with Crippen molar-refractivity contribution in [3.8, 4) is 11.5 Å². The number of amides is 1. The maximum Gasteiger partial charge on any atom is 0.349 e. The van der Waals surface area contributed by atoms with Crippen molar-refractivity contribution in [3.63, 3.8) is 0 Å². The third-order valence-electron chi connectivity index (χ3n) is 3.95. The molecule has 0 unspecified atom stereocenters. The second-order valence-electron chi connectivity index (χ2n) is 6.20. The molecule has 29 heavy (non-hydrogen) atoms.